The average molecular weight is 167 g/mol. The van der Waals surface area contributed by atoms with E-state index in [0.29, 0.717) is 9.94 Å². The van der Waals surface area contributed by atoms with Gasteiger partial charge in [-0.1, -0.05) is 11.3 Å². The Morgan fingerprint density at radius 2 is 2.45 bits per heavy atom. The van der Waals surface area contributed by atoms with E-state index >= 15 is 0 Å². The van der Waals surface area contributed by atoms with Gasteiger partial charge in [-0.2, -0.15) is 5.26 Å². The summed E-state index contributed by atoms with van der Waals surface area (Å²) >= 11 is 1.16. The fourth-order valence-corrected chi connectivity index (χ4v) is 1.27. The van der Waals surface area contributed by atoms with Gasteiger partial charge < -0.3 is 4.74 Å². The third-order valence-electron chi connectivity index (χ3n) is 0.936. The van der Waals surface area contributed by atoms with Crippen LogP contribution in [0.1, 0.15) is 11.8 Å². The van der Waals surface area contributed by atoms with Gasteiger partial charge in [0.1, 0.15) is 10.9 Å². The maximum atomic E-state index is 10.4. The lowest BCUT2D eigenvalue weighted by Gasteiger charge is -1.92. The van der Waals surface area contributed by atoms with Crippen LogP contribution in [0.3, 0.4) is 0 Å². The molecule has 0 saturated heterocycles. The molecule has 0 radical (unpaired) electrons. The predicted molar refractivity (Wildman–Crippen MR) is 40.3 cm³/mol. The number of thiophene rings is 1. The first-order valence-electron chi connectivity index (χ1n) is 2.90. The molecule has 1 rings (SSSR count). The van der Waals surface area contributed by atoms with Gasteiger partial charge in [-0.25, -0.2) is 0 Å². The molecule has 3 nitrogen and oxygen atoms in total. The van der Waals surface area contributed by atoms with Crippen molar-refractivity contribution in [3.05, 3.63) is 17.0 Å². The van der Waals surface area contributed by atoms with E-state index in [-0.39, 0.29) is 5.97 Å². The Bertz CT molecular complexity index is 310. The summed E-state index contributed by atoms with van der Waals surface area (Å²) < 4.78 is 4.73. The van der Waals surface area contributed by atoms with Crippen LogP contribution in [0.5, 0.6) is 5.06 Å². The standard InChI is InChI=1S/C7H5NO2S/c1-5(9)10-7-3-2-6(4-8)11-7/h2-3H,1H3. The van der Waals surface area contributed by atoms with Gasteiger partial charge in [-0.15, -0.1) is 0 Å². The minimum absolute atomic E-state index is 0.365. The molecule has 0 aliphatic rings. The quantitative estimate of drug-likeness (QED) is 0.596. The molecule has 0 amide bonds. The second kappa shape index (κ2) is 3.17. The number of hydrogen-bond donors (Lipinski definition) is 0. The highest BCUT2D eigenvalue weighted by Gasteiger charge is 2.01. The minimum atomic E-state index is -0.365. The summed E-state index contributed by atoms with van der Waals surface area (Å²) in [6.45, 7) is 1.33. The summed E-state index contributed by atoms with van der Waals surface area (Å²) in [5.74, 6) is -0.365. The molecule has 0 unspecified atom stereocenters. The van der Waals surface area contributed by atoms with Crippen LogP contribution < -0.4 is 4.74 Å². The predicted octanol–water partition coefficient (Wildman–Crippen LogP) is 1.55. The fourth-order valence-electron chi connectivity index (χ4n) is 0.577. The lowest BCUT2D eigenvalue weighted by atomic mass is 10.5. The summed E-state index contributed by atoms with van der Waals surface area (Å²) in [5.41, 5.74) is 0. The Hall–Kier alpha value is -1.34. The van der Waals surface area contributed by atoms with Crippen LogP contribution in [0, 0.1) is 11.3 Å². The van der Waals surface area contributed by atoms with Gasteiger partial charge in [0.15, 0.2) is 5.06 Å². The van der Waals surface area contributed by atoms with Gasteiger partial charge in [0.2, 0.25) is 0 Å². The molecule has 1 heterocycles. The smallest absolute Gasteiger partial charge is 0.308 e. The van der Waals surface area contributed by atoms with Crippen molar-refractivity contribution in [3.8, 4) is 11.1 Å². The lowest BCUT2D eigenvalue weighted by Crippen LogP contribution is -1.98. The SMILES string of the molecule is CC(=O)Oc1ccc(C#N)s1. The van der Waals surface area contributed by atoms with E-state index in [1.54, 1.807) is 12.1 Å². The number of esters is 1. The molecule has 11 heavy (non-hydrogen) atoms. The zero-order chi connectivity index (χ0) is 8.27. The molecule has 0 bridgehead atoms. The highest BCUT2D eigenvalue weighted by atomic mass is 32.1. The van der Waals surface area contributed by atoms with Gasteiger partial charge in [-0.3, -0.25) is 4.79 Å². The van der Waals surface area contributed by atoms with Crippen LogP contribution in [-0.4, -0.2) is 5.97 Å². The van der Waals surface area contributed by atoms with E-state index in [4.69, 9.17) is 10.00 Å². The van der Waals surface area contributed by atoms with Crippen molar-refractivity contribution >= 4 is 17.3 Å². The van der Waals surface area contributed by atoms with Crippen molar-refractivity contribution in [2.24, 2.45) is 0 Å². The molecule has 56 valence electrons. The normalized spacial score (nSPS) is 8.73. The molecule has 1 aromatic rings. The van der Waals surface area contributed by atoms with Gasteiger partial charge in [0.05, 0.1) is 0 Å². The van der Waals surface area contributed by atoms with Crippen molar-refractivity contribution in [1.29, 1.82) is 5.26 Å². The third-order valence-corrected chi connectivity index (χ3v) is 1.80. The summed E-state index contributed by atoms with van der Waals surface area (Å²) in [6, 6.07) is 5.16. The molecule has 0 aliphatic carbocycles. The zero-order valence-corrected chi connectivity index (χ0v) is 6.64. The third kappa shape index (κ3) is 2.06. The Balaban J connectivity index is 2.75. The van der Waals surface area contributed by atoms with Gasteiger partial charge in [0, 0.05) is 6.92 Å². The first-order valence-corrected chi connectivity index (χ1v) is 3.72. The van der Waals surface area contributed by atoms with Crippen LogP contribution in [0.4, 0.5) is 0 Å². The molecule has 0 N–H and O–H groups in total. The molecule has 0 aromatic carbocycles. The molecule has 0 aliphatic heterocycles. The Kier molecular flexibility index (Phi) is 2.24. The second-order valence-corrected chi connectivity index (χ2v) is 2.87. The monoisotopic (exact) mass is 167 g/mol. The maximum Gasteiger partial charge on any atom is 0.308 e. The summed E-state index contributed by atoms with van der Waals surface area (Å²) in [6.07, 6.45) is 0. The lowest BCUT2D eigenvalue weighted by molar-refractivity contribution is -0.131. The van der Waals surface area contributed by atoms with Crippen LogP contribution in [0.25, 0.3) is 0 Å². The largest absolute Gasteiger partial charge is 0.416 e. The minimum Gasteiger partial charge on any atom is -0.416 e. The van der Waals surface area contributed by atoms with Crippen molar-refractivity contribution in [2.45, 2.75) is 6.92 Å². The first kappa shape index (κ1) is 7.76. The molecule has 0 spiro atoms. The van der Waals surface area contributed by atoms with Gasteiger partial charge >= 0.3 is 5.97 Å². The number of rotatable bonds is 1. The summed E-state index contributed by atoms with van der Waals surface area (Å²) in [7, 11) is 0. The Labute approximate surface area is 67.8 Å². The molecule has 0 fully saturated rings. The van der Waals surface area contributed by atoms with E-state index in [1.165, 1.54) is 6.92 Å². The van der Waals surface area contributed by atoms with Crippen LogP contribution >= 0.6 is 11.3 Å². The number of carbonyl (C=O) groups excluding carboxylic acids is 1. The number of carbonyl (C=O) groups is 1. The number of hydrogen-bond acceptors (Lipinski definition) is 4. The number of nitrogens with zero attached hydrogens (tertiary/aromatic N) is 1. The van der Waals surface area contributed by atoms with Crippen LogP contribution in [-0.2, 0) is 4.79 Å². The molecule has 4 heteroatoms. The summed E-state index contributed by atoms with van der Waals surface area (Å²) in [5, 5.41) is 8.87. The van der Waals surface area contributed by atoms with E-state index in [2.05, 4.69) is 0 Å². The maximum absolute atomic E-state index is 10.4. The van der Waals surface area contributed by atoms with Crippen LogP contribution in [0.2, 0.25) is 0 Å². The highest BCUT2D eigenvalue weighted by molar-refractivity contribution is 7.14. The molecule has 0 saturated carbocycles. The Morgan fingerprint density at radius 1 is 1.73 bits per heavy atom. The summed E-state index contributed by atoms with van der Waals surface area (Å²) in [4.78, 5) is 11.0. The van der Waals surface area contributed by atoms with Crippen molar-refractivity contribution in [2.75, 3.05) is 0 Å². The van der Waals surface area contributed by atoms with Crippen molar-refractivity contribution < 1.29 is 9.53 Å². The molecular formula is C7H5NO2S. The van der Waals surface area contributed by atoms with E-state index in [1.807, 2.05) is 6.07 Å². The number of ether oxygens (including phenoxy) is 1. The van der Waals surface area contributed by atoms with E-state index < -0.39 is 0 Å². The Morgan fingerprint density at radius 3 is 2.91 bits per heavy atom. The highest BCUT2D eigenvalue weighted by Crippen LogP contribution is 2.23. The fraction of sp³-hybridized carbons (Fsp3) is 0.143. The molecule has 0 atom stereocenters. The first-order chi connectivity index (χ1) is 5.22. The van der Waals surface area contributed by atoms with Crippen molar-refractivity contribution in [1.82, 2.24) is 0 Å². The van der Waals surface area contributed by atoms with Gasteiger partial charge in [0.25, 0.3) is 0 Å². The van der Waals surface area contributed by atoms with Crippen molar-refractivity contribution in [3.63, 3.8) is 0 Å². The zero-order valence-electron chi connectivity index (χ0n) is 5.83. The topological polar surface area (TPSA) is 50.1 Å². The van der Waals surface area contributed by atoms with E-state index in [0.717, 1.165) is 11.3 Å². The average Bonchev–Trinajstić information content (AvgIpc) is 2.34. The number of nitriles is 1. The second-order valence-electron chi connectivity index (χ2n) is 1.82. The van der Waals surface area contributed by atoms with Gasteiger partial charge in [-0.05, 0) is 12.1 Å². The van der Waals surface area contributed by atoms with Crippen LogP contribution in [0.15, 0.2) is 12.1 Å². The van der Waals surface area contributed by atoms with E-state index in [9.17, 15) is 4.79 Å². The molecular weight excluding hydrogens is 162 g/mol. The molecule has 1 aromatic heterocycles.